The maximum atomic E-state index is 12.7. The normalized spacial score (nSPS) is 12.4. The van der Waals surface area contributed by atoms with E-state index in [2.05, 4.69) is 69.4 Å². The molecule has 0 aromatic rings. The molecule has 0 aromatic heterocycles. The molecule has 0 amide bonds. The van der Waals surface area contributed by atoms with E-state index in [0.717, 1.165) is 83.5 Å². The first-order valence-corrected chi connectivity index (χ1v) is 24.2. The first-order valence-electron chi connectivity index (χ1n) is 24.2. The molecular formula is C51H90O6. The minimum atomic E-state index is -0.792. The average molecular weight is 799 g/mol. The maximum absolute atomic E-state index is 12.7. The molecule has 0 aliphatic rings. The molecule has 6 nitrogen and oxygen atoms in total. The highest BCUT2D eigenvalue weighted by Crippen LogP contribution is 2.15. The summed E-state index contributed by atoms with van der Waals surface area (Å²) in [4.78, 5) is 37.7. The van der Waals surface area contributed by atoms with Crippen molar-refractivity contribution in [1.82, 2.24) is 0 Å². The highest BCUT2D eigenvalue weighted by atomic mass is 16.6. The molecule has 0 rings (SSSR count). The lowest BCUT2D eigenvalue weighted by Crippen LogP contribution is -2.30. The van der Waals surface area contributed by atoms with E-state index in [1.165, 1.54) is 116 Å². The highest BCUT2D eigenvalue weighted by molar-refractivity contribution is 5.71. The van der Waals surface area contributed by atoms with E-state index in [-0.39, 0.29) is 31.1 Å². The van der Waals surface area contributed by atoms with Crippen molar-refractivity contribution < 1.29 is 28.6 Å². The van der Waals surface area contributed by atoms with Gasteiger partial charge >= 0.3 is 17.9 Å². The minimum Gasteiger partial charge on any atom is -0.462 e. The van der Waals surface area contributed by atoms with Crippen molar-refractivity contribution in [2.75, 3.05) is 13.2 Å². The minimum absolute atomic E-state index is 0.0954. The molecule has 0 saturated carbocycles. The van der Waals surface area contributed by atoms with Crippen molar-refractivity contribution in [1.29, 1.82) is 0 Å². The van der Waals surface area contributed by atoms with E-state index < -0.39 is 6.10 Å². The number of unbranched alkanes of at least 4 members (excludes halogenated alkanes) is 25. The smallest absolute Gasteiger partial charge is 0.306 e. The van der Waals surface area contributed by atoms with E-state index in [9.17, 15) is 14.4 Å². The molecule has 330 valence electrons. The average Bonchev–Trinajstić information content (AvgIpc) is 3.21. The Morgan fingerprint density at radius 2 is 0.737 bits per heavy atom. The SMILES string of the molecule is CC/C=C\C/C=C\CCCCC(=O)OCC(COC(=O)CCCCC/C=C\C=C/CCCCCCCCC)OC(=O)CCCCCCCCCCCCCCCC. The van der Waals surface area contributed by atoms with Crippen molar-refractivity contribution in [2.45, 2.75) is 245 Å². The van der Waals surface area contributed by atoms with Crippen molar-refractivity contribution in [3.8, 4) is 0 Å². The van der Waals surface area contributed by atoms with Crippen LogP contribution in [0.3, 0.4) is 0 Å². The van der Waals surface area contributed by atoms with Gasteiger partial charge in [-0.15, -0.1) is 0 Å². The third kappa shape index (κ3) is 44.3. The number of allylic oxidation sites excluding steroid dienone is 8. The lowest BCUT2D eigenvalue weighted by molar-refractivity contribution is -0.167. The Bertz CT molecular complexity index is 1010. The lowest BCUT2D eigenvalue weighted by atomic mass is 10.0. The molecule has 0 fully saturated rings. The van der Waals surface area contributed by atoms with Crippen LogP contribution in [0.25, 0.3) is 0 Å². The van der Waals surface area contributed by atoms with E-state index in [0.29, 0.717) is 19.3 Å². The molecule has 0 aliphatic carbocycles. The molecule has 6 heteroatoms. The highest BCUT2D eigenvalue weighted by Gasteiger charge is 2.19. The molecule has 0 radical (unpaired) electrons. The van der Waals surface area contributed by atoms with Crippen molar-refractivity contribution in [3.05, 3.63) is 48.6 Å². The first kappa shape index (κ1) is 54.4. The van der Waals surface area contributed by atoms with Gasteiger partial charge in [0.2, 0.25) is 0 Å². The largest absolute Gasteiger partial charge is 0.462 e. The maximum Gasteiger partial charge on any atom is 0.306 e. The van der Waals surface area contributed by atoms with Crippen LogP contribution in [0.15, 0.2) is 48.6 Å². The van der Waals surface area contributed by atoms with Crippen LogP contribution in [0, 0.1) is 0 Å². The van der Waals surface area contributed by atoms with Crippen LogP contribution in [-0.4, -0.2) is 37.2 Å². The lowest BCUT2D eigenvalue weighted by Gasteiger charge is -2.18. The Balaban J connectivity index is 4.39. The van der Waals surface area contributed by atoms with E-state index in [4.69, 9.17) is 14.2 Å². The molecule has 0 bridgehead atoms. The number of ether oxygens (including phenoxy) is 3. The summed E-state index contributed by atoms with van der Waals surface area (Å²) >= 11 is 0. The second kappa shape index (κ2) is 46.1. The topological polar surface area (TPSA) is 78.9 Å². The molecule has 0 aromatic carbocycles. The second-order valence-corrected chi connectivity index (χ2v) is 16.0. The number of esters is 3. The van der Waals surface area contributed by atoms with Gasteiger partial charge in [-0.1, -0.05) is 198 Å². The van der Waals surface area contributed by atoms with Gasteiger partial charge in [0.15, 0.2) is 6.10 Å². The van der Waals surface area contributed by atoms with Crippen LogP contribution in [0.5, 0.6) is 0 Å². The Kier molecular flexibility index (Phi) is 43.9. The van der Waals surface area contributed by atoms with Gasteiger partial charge in [-0.25, -0.2) is 0 Å². The molecule has 0 saturated heterocycles. The Morgan fingerprint density at radius 1 is 0.386 bits per heavy atom. The quantitative estimate of drug-likeness (QED) is 0.0201. The Morgan fingerprint density at radius 3 is 1.21 bits per heavy atom. The first-order chi connectivity index (χ1) is 28.0. The van der Waals surface area contributed by atoms with Crippen LogP contribution in [0.1, 0.15) is 239 Å². The van der Waals surface area contributed by atoms with Gasteiger partial charge in [0.05, 0.1) is 0 Å². The zero-order chi connectivity index (χ0) is 41.5. The molecule has 0 aliphatic heterocycles. The van der Waals surface area contributed by atoms with Gasteiger partial charge < -0.3 is 14.2 Å². The number of carbonyl (C=O) groups is 3. The fourth-order valence-corrected chi connectivity index (χ4v) is 6.71. The number of hydrogen-bond donors (Lipinski definition) is 0. The number of carbonyl (C=O) groups excluding carboxylic acids is 3. The zero-order valence-corrected chi connectivity index (χ0v) is 37.6. The van der Waals surface area contributed by atoms with Gasteiger partial charge in [0.25, 0.3) is 0 Å². The second-order valence-electron chi connectivity index (χ2n) is 16.0. The van der Waals surface area contributed by atoms with Gasteiger partial charge in [-0.3, -0.25) is 14.4 Å². The summed E-state index contributed by atoms with van der Waals surface area (Å²) in [5.74, 6) is -0.953. The van der Waals surface area contributed by atoms with E-state index >= 15 is 0 Å². The van der Waals surface area contributed by atoms with Gasteiger partial charge in [-0.05, 0) is 70.6 Å². The van der Waals surface area contributed by atoms with Crippen molar-refractivity contribution >= 4 is 17.9 Å². The molecule has 1 unspecified atom stereocenters. The summed E-state index contributed by atoms with van der Waals surface area (Å²) in [6, 6.07) is 0. The van der Waals surface area contributed by atoms with Gasteiger partial charge in [-0.2, -0.15) is 0 Å². The van der Waals surface area contributed by atoms with E-state index in [1.807, 2.05) is 0 Å². The predicted molar refractivity (Wildman–Crippen MR) is 242 cm³/mol. The Labute approximate surface area is 352 Å². The summed E-state index contributed by atoms with van der Waals surface area (Å²) in [6.45, 7) is 6.46. The van der Waals surface area contributed by atoms with Gasteiger partial charge in [0.1, 0.15) is 13.2 Å². The Hall–Kier alpha value is -2.63. The standard InChI is InChI=1S/C51H90O6/c1-4-7-10-13-16-19-21-23-25-26-28-29-32-35-38-41-44-50(53)56-47-48(46-55-49(52)43-40-37-34-31-18-15-12-9-6-3)57-51(54)45-42-39-36-33-30-27-24-22-20-17-14-11-8-5-2/h9,12,18,25-26,28-29,31,48H,4-8,10-11,13-17,19-24,27,30,32-47H2,1-3H3/b12-9-,26-25-,29-28-,31-18-. The summed E-state index contributed by atoms with van der Waals surface area (Å²) in [7, 11) is 0. The molecule has 0 heterocycles. The van der Waals surface area contributed by atoms with Crippen LogP contribution < -0.4 is 0 Å². The monoisotopic (exact) mass is 799 g/mol. The summed E-state index contributed by atoms with van der Waals surface area (Å²) in [5, 5.41) is 0. The predicted octanol–water partition coefficient (Wildman–Crippen LogP) is 15.5. The van der Waals surface area contributed by atoms with Gasteiger partial charge in [0, 0.05) is 19.3 Å². The van der Waals surface area contributed by atoms with E-state index in [1.54, 1.807) is 0 Å². The molecular weight excluding hydrogens is 709 g/mol. The molecule has 1 atom stereocenters. The summed E-state index contributed by atoms with van der Waals surface area (Å²) in [5.41, 5.74) is 0. The van der Waals surface area contributed by atoms with Crippen LogP contribution in [-0.2, 0) is 28.6 Å². The van der Waals surface area contributed by atoms with Crippen LogP contribution >= 0.6 is 0 Å². The molecule has 0 N–H and O–H groups in total. The zero-order valence-electron chi connectivity index (χ0n) is 37.6. The van der Waals surface area contributed by atoms with Crippen molar-refractivity contribution in [3.63, 3.8) is 0 Å². The fraction of sp³-hybridized carbons (Fsp3) is 0.784. The number of hydrogen-bond acceptors (Lipinski definition) is 6. The summed E-state index contributed by atoms with van der Waals surface area (Å²) in [6.07, 6.45) is 53.9. The molecule has 57 heavy (non-hydrogen) atoms. The van der Waals surface area contributed by atoms with Crippen LogP contribution in [0.4, 0.5) is 0 Å². The van der Waals surface area contributed by atoms with Crippen LogP contribution in [0.2, 0.25) is 0 Å². The fourth-order valence-electron chi connectivity index (χ4n) is 6.71. The number of rotatable bonds is 43. The third-order valence-corrected chi connectivity index (χ3v) is 10.3. The summed E-state index contributed by atoms with van der Waals surface area (Å²) < 4.78 is 16.7. The molecule has 0 spiro atoms. The third-order valence-electron chi connectivity index (χ3n) is 10.3. The van der Waals surface area contributed by atoms with Crippen molar-refractivity contribution in [2.24, 2.45) is 0 Å².